The molecule has 1 fully saturated rings. The van der Waals surface area contributed by atoms with E-state index in [-0.39, 0.29) is 5.54 Å². The summed E-state index contributed by atoms with van der Waals surface area (Å²) in [5, 5.41) is 8.69. The molecule has 4 heteroatoms. The largest absolute Gasteiger partial charge is 0.274 e. The van der Waals surface area contributed by atoms with E-state index in [4.69, 9.17) is 9.98 Å². The molecule has 1 saturated carbocycles. The molecule has 3 aromatic rings. The Bertz CT molecular complexity index is 941. The molecule has 1 aliphatic heterocycles. The number of para-hydroxylation sites is 1. The van der Waals surface area contributed by atoms with Crippen molar-refractivity contribution in [1.82, 2.24) is 15.2 Å². The van der Waals surface area contributed by atoms with Gasteiger partial charge in [0.25, 0.3) is 0 Å². The van der Waals surface area contributed by atoms with Gasteiger partial charge in [-0.2, -0.15) is 0 Å². The number of rotatable bonds is 1. The Morgan fingerprint density at radius 3 is 2.43 bits per heavy atom. The third-order valence-electron chi connectivity index (χ3n) is 5.00. The van der Waals surface area contributed by atoms with E-state index in [1.807, 2.05) is 24.3 Å². The Morgan fingerprint density at radius 1 is 0.826 bits per heavy atom. The Labute approximate surface area is 134 Å². The Kier molecular flexibility index (Phi) is 2.62. The van der Waals surface area contributed by atoms with E-state index in [1.165, 1.54) is 12.0 Å². The molecule has 0 radical (unpaired) electrons. The fourth-order valence-corrected chi connectivity index (χ4v) is 3.62. The molecule has 4 nitrogen and oxygen atoms in total. The fraction of sp³-hybridized carbons (Fsp3) is 0.263. The van der Waals surface area contributed by atoms with Crippen molar-refractivity contribution in [2.45, 2.75) is 31.2 Å². The van der Waals surface area contributed by atoms with Gasteiger partial charge in [-0.3, -0.25) is 4.99 Å². The number of hydrogen-bond donors (Lipinski definition) is 0. The van der Waals surface area contributed by atoms with E-state index >= 15 is 0 Å². The first-order valence-electron chi connectivity index (χ1n) is 8.11. The lowest BCUT2D eigenvalue weighted by Gasteiger charge is -2.42. The monoisotopic (exact) mass is 300 g/mol. The molecule has 2 aromatic carbocycles. The van der Waals surface area contributed by atoms with Crippen molar-refractivity contribution in [2.75, 3.05) is 0 Å². The van der Waals surface area contributed by atoms with Gasteiger partial charge < -0.3 is 0 Å². The van der Waals surface area contributed by atoms with Crippen LogP contribution in [0, 0.1) is 0 Å². The van der Waals surface area contributed by atoms with Crippen molar-refractivity contribution in [2.24, 2.45) is 4.99 Å². The third kappa shape index (κ3) is 1.98. The van der Waals surface area contributed by atoms with Gasteiger partial charge in [-0.15, -0.1) is 10.2 Å². The van der Waals surface area contributed by atoms with Crippen LogP contribution >= 0.6 is 0 Å². The molecule has 0 saturated heterocycles. The molecular formula is C19H16N4. The number of benzene rings is 2. The van der Waals surface area contributed by atoms with E-state index < -0.39 is 0 Å². The summed E-state index contributed by atoms with van der Waals surface area (Å²) in [5.41, 5.74) is 5.17. The fourth-order valence-electron chi connectivity index (χ4n) is 3.62. The summed E-state index contributed by atoms with van der Waals surface area (Å²) in [6.07, 6.45) is 4.61. The van der Waals surface area contributed by atoms with E-state index in [1.54, 1.807) is 0 Å². The molecule has 0 atom stereocenters. The summed E-state index contributed by atoms with van der Waals surface area (Å²) in [4.78, 5) is 9.81. The molecule has 0 unspecified atom stereocenters. The average Bonchev–Trinajstić information content (AvgIpc) is 2.59. The lowest BCUT2D eigenvalue weighted by Crippen LogP contribution is -2.42. The van der Waals surface area contributed by atoms with Gasteiger partial charge >= 0.3 is 0 Å². The standard InChI is InChI=1S/C19H16N4/c1-2-7-14-13(6-1)12-19(10-5-11-19)21-17(14)18-20-15-8-3-4-9-16(15)22-23-18/h1-4,6-9H,5,10-12H2. The van der Waals surface area contributed by atoms with Gasteiger partial charge in [0.2, 0.25) is 5.82 Å². The Hall–Kier alpha value is -2.62. The number of fused-ring (bicyclic) bond motifs is 2. The highest BCUT2D eigenvalue weighted by Gasteiger charge is 2.41. The SMILES string of the molecule is c1ccc2c(c1)CC1(CCC1)N=C2c1nnc2ccccc2n1. The number of aliphatic imine (C=N–C) groups is 1. The Morgan fingerprint density at radius 2 is 1.61 bits per heavy atom. The highest BCUT2D eigenvalue weighted by molar-refractivity contribution is 6.12. The van der Waals surface area contributed by atoms with Gasteiger partial charge in [0.05, 0.1) is 11.1 Å². The summed E-state index contributed by atoms with van der Waals surface area (Å²) in [6, 6.07) is 16.3. The van der Waals surface area contributed by atoms with Crippen molar-refractivity contribution in [3.63, 3.8) is 0 Å². The van der Waals surface area contributed by atoms with Crippen LogP contribution in [0.4, 0.5) is 0 Å². The minimum absolute atomic E-state index is 0.0681. The predicted molar refractivity (Wildman–Crippen MR) is 89.7 cm³/mol. The first-order valence-corrected chi connectivity index (χ1v) is 8.11. The van der Waals surface area contributed by atoms with Gasteiger partial charge in [-0.1, -0.05) is 36.4 Å². The summed E-state index contributed by atoms with van der Waals surface area (Å²) in [7, 11) is 0. The quantitative estimate of drug-likeness (QED) is 0.692. The zero-order valence-electron chi connectivity index (χ0n) is 12.7. The molecule has 1 aromatic heterocycles. The summed E-state index contributed by atoms with van der Waals surface area (Å²) in [6.45, 7) is 0. The average molecular weight is 300 g/mol. The molecule has 0 bridgehead atoms. The molecule has 5 rings (SSSR count). The molecule has 2 heterocycles. The van der Waals surface area contributed by atoms with Crippen LogP contribution in [-0.2, 0) is 6.42 Å². The van der Waals surface area contributed by atoms with E-state index in [2.05, 4.69) is 34.5 Å². The lowest BCUT2D eigenvalue weighted by atomic mass is 9.70. The molecule has 2 aliphatic rings. The lowest BCUT2D eigenvalue weighted by molar-refractivity contribution is 0.248. The predicted octanol–water partition coefficient (Wildman–Crippen LogP) is 3.34. The van der Waals surface area contributed by atoms with E-state index in [0.717, 1.165) is 41.6 Å². The second kappa shape index (κ2) is 4.69. The van der Waals surface area contributed by atoms with Gasteiger partial charge in [0.15, 0.2) is 0 Å². The van der Waals surface area contributed by atoms with Crippen LogP contribution in [-0.4, -0.2) is 26.4 Å². The van der Waals surface area contributed by atoms with Crippen LogP contribution in [0.15, 0.2) is 53.5 Å². The molecule has 1 spiro atoms. The zero-order chi connectivity index (χ0) is 15.3. The second-order valence-corrected chi connectivity index (χ2v) is 6.50. The van der Waals surface area contributed by atoms with Gasteiger partial charge in [0, 0.05) is 5.56 Å². The van der Waals surface area contributed by atoms with Crippen molar-refractivity contribution >= 4 is 16.7 Å². The van der Waals surface area contributed by atoms with Crippen LogP contribution in [0.3, 0.4) is 0 Å². The molecule has 23 heavy (non-hydrogen) atoms. The molecule has 0 amide bonds. The maximum absolute atomic E-state index is 5.09. The van der Waals surface area contributed by atoms with E-state index in [0.29, 0.717) is 5.82 Å². The van der Waals surface area contributed by atoms with Crippen LogP contribution < -0.4 is 0 Å². The number of nitrogens with zero attached hydrogens (tertiary/aromatic N) is 4. The van der Waals surface area contributed by atoms with Gasteiger partial charge in [-0.05, 0) is 43.4 Å². The minimum Gasteiger partial charge on any atom is -0.274 e. The van der Waals surface area contributed by atoms with Crippen molar-refractivity contribution in [1.29, 1.82) is 0 Å². The number of aromatic nitrogens is 3. The zero-order valence-corrected chi connectivity index (χ0v) is 12.7. The van der Waals surface area contributed by atoms with Crippen LogP contribution in [0.25, 0.3) is 11.0 Å². The topological polar surface area (TPSA) is 51.0 Å². The van der Waals surface area contributed by atoms with Gasteiger partial charge in [0.1, 0.15) is 11.2 Å². The van der Waals surface area contributed by atoms with E-state index in [9.17, 15) is 0 Å². The molecule has 0 N–H and O–H groups in total. The molecule has 1 aliphatic carbocycles. The second-order valence-electron chi connectivity index (χ2n) is 6.50. The summed E-state index contributed by atoms with van der Waals surface area (Å²) >= 11 is 0. The Balaban J connectivity index is 1.72. The normalized spacial score (nSPS) is 18.3. The van der Waals surface area contributed by atoms with Crippen LogP contribution in [0.1, 0.15) is 36.2 Å². The first-order chi connectivity index (χ1) is 11.3. The van der Waals surface area contributed by atoms with Crippen LogP contribution in [0.5, 0.6) is 0 Å². The van der Waals surface area contributed by atoms with Gasteiger partial charge in [-0.25, -0.2) is 4.98 Å². The maximum atomic E-state index is 5.09. The first kappa shape index (κ1) is 12.9. The maximum Gasteiger partial charge on any atom is 0.201 e. The summed E-state index contributed by atoms with van der Waals surface area (Å²) in [5.74, 6) is 0.641. The van der Waals surface area contributed by atoms with Crippen molar-refractivity contribution < 1.29 is 0 Å². The minimum atomic E-state index is 0.0681. The highest BCUT2D eigenvalue weighted by Crippen LogP contribution is 2.42. The smallest absolute Gasteiger partial charge is 0.201 e. The highest BCUT2D eigenvalue weighted by atomic mass is 15.2. The van der Waals surface area contributed by atoms with Crippen molar-refractivity contribution in [3.8, 4) is 0 Å². The molecular weight excluding hydrogens is 284 g/mol. The van der Waals surface area contributed by atoms with Crippen LogP contribution in [0.2, 0.25) is 0 Å². The van der Waals surface area contributed by atoms with Crippen molar-refractivity contribution in [3.05, 3.63) is 65.5 Å². The number of hydrogen-bond acceptors (Lipinski definition) is 4. The third-order valence-corrected chi connectivity index (χ3v) is 5.00. The summed E-state index contributed by atoms with van der Waals surface area (Å²) < 4.78 is 0. The molecule has 112 valence electrons.